The molecule has 0 fully saturated rings. The monoisotopic (exact) mass is 318 g/mol. The van der Waals surface area contributed by atoms with E-state index in [-0.39, 0.29) is 5.95 Å². The molecule has 3 aromatic rings. The van der Waals surface area contributed by atoms with Crippen molar-refractivity contribution in [2.45, 2.75) is 13.1 Å². The van der Waals surface area contributed by atoms with E-state index in [0.717, 1.165) is 17.7 Å². The van der Waals surface area contributed by atoms with Crippen molar-refractivity contribution in [1.82, 2.24) is 15.0 Å². The van der Waals surface area contributed by atoms with Crippen LogP contribution in [0.5, 0.6) is 0 Å². The van der Waals surface area contributed by atoms with Gasteiger partial charge in [0.05, 0.1) is 17.0 Å². The van der Waals surface area contributed by atoms with Crippen LogP contribution in [0.1, 0.15) is 11.1 Å². The zero-order valence-corrected chi connectivity index (χ0v) is 12.1. The number of alkyl halides is 3. The number of hydrogen-bond donors (Lipinski definition) is 2. The lowest BCUT2D eigenvalue weighted by Gasteiger charge is -2.10. The Kier molecular flexibility index (Phi) is 3.55. The summed E-state index contributed by atoms with van der Waals surface area (Å²) in [5.41, 5.74) is 7.92. The molecule has 0 spiro atoms. The lowest BCUT2D eigenvalue weighted by molar-refractivity contribution is -0.137. The van der Waals surface area contributed by atoms with Gasteiger partial charge in [0.1, 0.15) is 0 Å². The van der Waals surface area contributed by atoms with E-state index < -0.39 is 11.7 Å². The third-order valence-electron chi connectivity index (χ3n) is 3.49. The molecule has 1 aromatic carbocycles. The number of aromatic amines is 1. The van der Waals surface area contributed by atoms with Crippen LogP contribution in [-0.4, -0.2) is 15.0 Å². The zero-order valence-electron chi connectivity index (χ0n) is 12.1. The summed E-state index contributed by atoms with van der Waals surface area (Å²) >= 11 is 0. The fraction of sp³-hybridized carbons (Fsp3) is 0.125. The summed E-state index contributed by atoms with van der Waals surface area (Å²) in [6.45, 7) is 1.76. The second-order valence-electron chi connectivity index (χ2n) is 5.11. The molecule has 7 heteroatoms. The number of nitrogens with zero attached hydrogens (tertiary/aromatic N) is 2. The van der Waals surface area contributed by atoms with Gasteiger partial charge < -0.3 is 10.7 Å². The van der Waals surface area contributed by atoms with E-state index in [1.165, 1.54) is 12.3 Å². The number of halogens is 3. The topological polar surface area (TPSA) is 67.6 Å². The van der Waals surface area contributed by atoms with E-state index in [2.05, 4.69) is 15.0 Å². The van der Waals surface area contributed by atoms with E-state index in [4.69, 9.17) is 5.73 Å². The first kappa shape index (κ1) is 15.1. The average molecular weight is 318 g/mol. The largest absolute Gasteiger partial charge is 0.416 e. The van der Waals surface area contributed by atoms with Gasteiger partial charge in [0.2, 0.25) is 5.95 Å². The fourth-order valence-electron chi connectivity index (χ4n) is 2.31. The van der Waals surface area contributed by atoms with Crippen molar-refractivity contribution in [1.29, 1.82) is 0 Å². The Morgan fingerprint density at radius 3 is 2.48 bits per heavy atom. The quantitative estimate of drug-likeness (QED) is 0.749. The Morgan fingerprint density at radius 1 is 1.04 bits per heavy atom. The molecule has 0 bridgehead atoms. The van der Waals surface area contributed by atoms with Crippen LogP contribution in [0.2, 0.25) is 0 Å². The number of nitrogens with two attached hydrogens (primary N) is 1. The molecule has 0 saturated carbocycles. The molecule has 0 amide bonds. The number of benzene rings is 1. The maximum Gasteiger partial charge on any atom is 0.416 e. The Labute approximate surface area is 130 Å². The van der Waals surface area contributed by atoms with Gasteiger partial charge in [0.25, 0.3) is 0 Å². The highest BCUT2D eigenvalue weighted by atomic mass is 19.4. The number of anilines is 1. The van der Waals surface area contributed by atoms with Gasteiger partial charge >= 0.3 is 6.18 Å². The minimum atomic E-state index is -4.38. The second-order valence-corrected chi connectivity index (χ2v) is 5.11. The number of nitrogen functional groups attached to an aromatic ring is 1. The van der Waals surface area contributed by atoms with Gasteiger partial charge in [0.15, 0.2) is 0 Å². The van der Waals surface area contributed by atoms with E-state index in [1.807, 2.05) is 0 Å². The molecule has 0 atom stereocenters. The molecule has 23 heavy (non-hydrogen) atoms. The molecule has 3 rings (SSSR count). The van der Waals surface area contributed by atoms with E-state index in [9.17, 15) is 13.2 Å². The molecule has 0 saturated heterocycles. The minimum Gasteiger partial charge on any atom is -0.368 e. The van der Waals surface area contributed by atoms with Crippen LogP contribution in [0.3, 0.4) is 0 Å². The van der Waals surface area contributed by atoms with E-state index >= 15 is 0 Å². The molecule has 0 aliphatic heterocycles. The summed E-state index contributed by atoms with van der Waals surface area (Å²) < 4.78 is 38.7. The number of nitrogens with one attached hydrogen (secondary N) is 1. The summed E-state index contributed by atoms with van der Waals surface area (Å²) in [5, 5.41) is 0. The van der Waals surface area contributed by atoms with Crippen LogP contribution < -0.4 is 5.73 Å². The van der Waals surface area contributed by atoms with Crippen LogP contribution in [0.25, 0.3) is 22.6 Å². The molecule has 2 aromatic heterocycles. The Bertz CT molecular complexity index is 853. The molecule has 0 aliphatic carbocycles. The third kappa shape index (κ3) is 3.03. The summed E-state index contributed by atoms with van der Waals surface area (Å²) in [5.74, 6) is 0.133. The number of aromatic nitrogens is 3. The highest BCUT2D eigenvalue weighted by Crippen LogP contribution is 2.34. The van der Waals surface area contributed by atoms with Crippen molar-refractivity contribution < 1.29 is 13.2 Å². The van der Waals surface area contributed by atoms with Gasteiger partial charge in [0, 0.05) is 17.5 Å². The van der Waals surface area contributed by atoms with Crippen molar-refractivity contribution in [3.8, 4) is 22.6 Å². The van der Waals surface area contributed by atoms with Gasteiger partial charge in [-0.3, -0.25) is 0 Å². The predicted molar refractivity (Wildman–Crippen MR) is 81.4 cm³/mol. The minimum absolute atomic E-state index is 0.133. The second kappa shape index (κ2) is 5.42. The standard InChI is InChI=1S/C16H13F3N4/c1-9-2-3-10(16(17,18)19)8-11(9)12-4-5-13(22-12)14-6-7-21-15(20)23-14/h2-8,22H,1H3,(H2,20,21,23). The molecule has 0 aliphatic rings. The predicted octanol–water partition coefficient (Wildman–Crippen LogP) is 4.05. The third-order valence-corrected chi connectivity index (χ3v) is 3.49. The van der Waals surface area contributed by atoms with Gasteiger partial charge in [-0.15, -0.1) is 0 Å². The normalized spacial score (nSPS) is 11.7. The van der Waals surface area contributed by atoms with E-state index in [0.29, 0.717) is 22.6 Å². The Morgan fingerprint density at radius 2 is 1.78 bits per heavy atom. The van der Waals surface area contributed by atoms with Gasteiger partial charge in [-0.2, -0.15) is 13.2 Å². The highest BCUT2D eigenvalue weighted by molar-refractivity contribution is 5.69. The molecule has 118 valence electrons. The van der Waals surface area contributed by atoms with Crippen LogP contribution in [-0.2, 0) is 6.18 Å². The number of H-pyrrole nitrogens is 1. The SMILES string of the molecule is Cc1ccc(C(F)(F)F)cc1-c1ccc(-c2ccnc(N)n2)[nH]1. The fourth-order valence-corrected chi connectivity index (χ4v) is 2.31. The molecule has 4 nitrogen and oxygen atoms in total. The molecule has 0 unspecified atom stereocenters. The lowest BCUT2D eigenvalue weighted by Crippen LogP contribution is -2.05. The van der Waals surface area contributed by atoms with Gasteiger partial charge in [-0.05, 0) is 42.8 Å². The lowest BCUT2D eigenvalue weighted by atomic mass is 10.0. The van der Waals surface area contributed by atoms with Gasteiger partial charge in [-0.1, -0.05) is 6.07 Å². The zero-order chi connectivity index (χ0) is 16.6. The van der Waals surface area contributed by atoms with Crippen LogP contribution in [0, 0.1) is 6.92 Å². The Balaban J connectivity index is 2.04. The number of rotatable bonds is 2. The van der Waals surface area contributed by atoms with Crippen molar-refractivity contribution in [2.75, 3.05) is 5.73 Å². The maximum atomic E-state index is 12.9. The van der Waals surface area contributed by atoms with E-state index in [1.54, 1.807) is 25.1 Å². The van der Waals surface area contributed by atoms with Crippen molar-refractivity contribution in [3.05, 3.63) is 53.7 Å². The van der Waals surface area contributed by atoms with Crippen molar-refractivity contribution in [2.24, 2.45) is 0 Å². The van der Waals surface area contributed by atoms with Crippen LogP contribution >= 0.6 is 0 Å². The number of hydrogen-bond acceptors (Lipinski definition) is 3. The highest BCUT2D eigenvalue weighted by Gasteiger charge is 2.31. The van der Waals surface area contributed by atoms with Crippen LogP contribution in [0.4, 0.5) is 19.1 Å². The summed E-state index contributed by atoms with van der Waals surface area (Å²) in [6, 6.07) is 8.81. The molecule has 0 radical (unpaired) electrons. The molecular weight excluding hydrogens is 305 g/mol. The first-order valence-corrected chi connectivity index (χ1v) is 6.81. The molecular formula is C16H13F3N4. The first-order chi connectivity index (χ1) is 10.8. The summed E-state index contributed by atoms with van der Waals surface area (Å²) in [4.78, 5) is 11.0. The number of aryl methyl sites for hydroxylation is 1. The smallest absolute Gasteiger partial charge is 0.368 e. The first-order valence-electron chi connectivity index (χ1n) is 6.81. The van der Waals surface area contributed by atoms with Gasteiger partial charge in [-0.25, -0.2) is 9.97 Å². The Hall–Kier alpha value is -2.83. The summed E-state index contributed by atoms with van der Waals surface area (Å²) in [7, 11) is 0. The van der Waals surface area contributed by atoms with Crippen LogP contribution in [0.15, 0.2) is 42.6 Å². The average Bonchev–Trinajstić information content (AvgIpc) is 2.96. The van der Waals surface area contributed by atoms with Crippen molar-refractivity contribution >= 4 is 5.95 Å². The maximum absolute atomic E-state index is 12.9. The molecule has 3 N–H and O–H groups in total. The van der Waals surface area contributed by atoms with Crippen molar-refractivity contribution in [3.63, 3.8) is 0 Å². The molecule has 2 heterocycles. The summed E-state index contributed by atoms with van der Waals surface area (Å²) in [6.07, 6.45) is -2.85.